The highest BCUT2D eigenvalue weighted by atomic mass is 32.1. The molecule has 0 saturated carbocycles. The van der Waals surface area contributed by atoms with E-state index in [2.05, 4.69) is 21.4 Å². The van der Waals surface area contributed by atoms with E-state index < -0.39 is 0 Å². The fourth-order valence-electron chi connectivity index (χ4n) is 1.99. The van der Waals surface area contributed by atoms with Crippen molar-refractivity contribution in [2.75, 3.05) is 0 Å². The number of hydrogen-bond donors (Lipinski definition) is 1. The minimum atomic E-state index is 0.658. The Morgan fingerprint density at radius 1 is 1.42 bits per heavy atom. The van der Waals surface area contributed by atoms with E-state index in [0.29, 0.717) is 4.77 Å². The summed E-state index contributed by atoms with van der Waals surface area (Å²) in [5.74, 6) is 0.905. The lowest BCUT2D eigenvalue weighted by molar-refractivity contribution is 0.635. The zero-order chi connectivity index (χ0) is 13.2. The zero-order valence-electron chi connectivity index (χ0n) is 10.4. The van der Waals surface area contributed by atoms with Gasteiger partial charge in [0.05, 0.1) is 4.88 Å². The maximum atomic E-state index is 5.30. The van der Waals surface area contributed by atoms with Gasteiger partial charge in [0.25, 0.3) is 0 Å². The van der Waals surface area contributed by atoms with Gasteiger partial charge < -0.3 is 0 Å². The van der Waals surface area contributed by atoms with Gasteiger partial charge in [-0.2, -0.15) is 10.2 Å². The molecule has 0 atom stereocenters. The summed E-state index contributed by atoms with van der Waals surface area (Å²) >= 11 is 6.96. The summed E-state index contributed by atoms with van der Waals surface area (Å²) in [5.41, 5.74) is 1.18. The third-order valence-corrected chi connectivity index (χ3v) is 4.19. The molecule has 3 aromatic heterocycles. The van der Waals surface area contributed by atoms with Gasteiger partial charge in [-0.1, -0.05) is 6.07 Å². The molecule has 0 fully saturated rings. The van der Waals surface area contributed by atoms with Gasteiger partial charge in [-0.05, 0) is 29.7 Å². The van der Waals surface area contributed by atoms with Crippen LogP contribution < -0.4 is 0 Å². The first-order valence-corrected chi connectivity index (χ1v) is 7.20. The number of hydrogen-bond acceptors (Lipinski definition) is 4. The number of thiophene rings is 1. The van der Waals surface area contributed by atoms with Crippen molar-refractivity contribution in [1.29, 1.82) is 0 Å². The Morgan fingerprint density at radius 2 is 2.32 bits per heavy atom. The van der Waals surface area contributed by atoms with E-state index in [1.54, 1.807) is 11.3 Å². The van der Waals surface area contributed by atoms with Crippen LogP contribution in [-0.4, -0.2) is 24.5 Å². The van der Waals surface area contributed by atoms with E-state index in [1.165, 1.54) is 5.69 Å². The number of aromatic amines is 1. The first-order chi connectivity index (χ1) is 9.25. The van der Waals surface area contributed by atoms with Crippen molar-refractivity contribution in [3.05, 3.63) is 40.2 Å². The maximum Gasteiger partial charge on any atom is 0.195 e. The fourth-order valence-corrected chi connectivity index (χ4v) is 2.94. The van der Waals surface area contributed by atoms with E-state index in [-0.39, 0.29) is 0 Å². The van der Waals surface area contributed by atoms with Gasteiger partial charge in [-0.25, -0.2) is 0 Å². The Bertz CT molecular complexity index is 719. The van der Waals surface area contributed by atoms with Crippen LogP contribution in [0.1, 0.15) is 5.69 Å². The van der Waals surface area contributed by atoms with E-state index in [1.807, 2.05) is 40.0 Å². The van der Waals surface area contributed by atoms with Gasteiger partial charge in [-0.15, -0.1) is 11.3 Å². The maximum absolute atomic E-state index is 5.30. The highest BCUT2D eigenvalue weighted by molar-refractivity contribution is 7.71. The van der Waals surface area contributed by atoms with Crippen LogP contribution in [0.15, 0.2) is 29.8 Å². The predicted molar refractivity (Wildman–Crippen MR) is 77.6 cm³/mol. The summed E-state index contributed by atoms with van der Waals surface area (Å²) in [6.45, 7) is 0.794. The molecule has 5 nitrogen and oxygen atoms in total. The van der Waals surface area contributed by atoms with Crippen molar-refractivity contribution >= 4 is 23.6 Å². The quantitative estimate of drug-likeness (QED) is 0.752. The Morgan fingerprint density at radius 3 is 3.00 bits per heavy atom. The smallest absolute Gasteiger partial charge is 0.195 e. The number of H-pyrrole nitrogens is 1. The number of rotatable bonds is 4. The van der Waals surface area contributed by atoms with Gasteiger partial charge >= 0.3 is 0 Å². The summed E-state index contributed by atoms with van der Waals surface area (Å²) in [6.07, 6.45) is 2.69. The van der Waals surface area contributed by atoms with Crippen molar-refractivity contribution in [2.24, 2.45) is 7.05 Å². The van der Waals surface area contributed by atoms with E-state index in [0.717, 1.165) is 23.7 Å². The molecular weight excluding hydrogens is 278 g/mol. The van der Waals surface area contributed by atoms with Crippen molar-refractivity contribution in [2.45, 2.75) is 13.0 Å². The number of aryl methyl sites for hydroxylation is 2. The van der Waals surface area contributed by atoms with Crippen LogP contribution in [-0.2, 0) is 20.0 Å². The standard InChI is InChI=1S/C12H13N5S2/c1-16-9(4-6-13-16)5-7-17-11(14-15-12(17)18)10-3-2-8-19-10/h2-4,6,8H,5,7H2,1H3,(H,15,18). The van der Waals surface area contributed by atoms with Crippen LogP contribution in [0.4, 0.5) is 0 Å². The van der Waals surface area contributed by atoms with Gasteiger partial charge in [0.15, 0.2) is 10.6 Å². The third-order valence-electron chi connectivity index (χ3n) is 3.01. The minimum Gasteiger partial charge on any atom is -0.299 e. The molecule has 0 bridgehead atoms. The molecule has 0 radical (unpaired) electrons. The Labute approximate surface area is 119 Å². The van der Waals surface area contributed by atoms with Gasteiger partial charge in [-0.3, -0.25) is 14.3 Å². The van der Waals surface area contributed by atoms with E-state index in [4.69, 9.17) is 12.2 Å². The third kappa shape index (κ3) is 2.39. The minimum absolute atomic E-state index is 0.658. The molecule has 0 saturated heterocycles. The van der Waals surface area contributed by atoms with Crippen molar-refractivity contribution in [3.63, 3.8) is 0 Å². The van der Waals surface area contributed by atoms with Crippen LogP contribution >= 0.6 is 23.6 Å². The van der Waals surface area contributed by atoms with Gasteiger partial charge in [0.2, 0.25) is 0 Å². The summed E-state index contributed by atoms with van der Waals surface area (Å²) in [5, 5.41) is 13.4. The highest BCUT2D eigenvalue weighted by Crippen LogP contribution is 2.22. The fraction of sp³-hybridized carbons (Fsp3) is 0.250. The lowest BCUT2D eigenvalue weighted by Crippen LogP contribution is -2.06. The summed E-state index contributed by atoms with van der Waals surface area (Å²) < 4.78 is 4.58. The van der Waals surface area contributed by atoms with Gasteiger partial charge in [0, 0.05) is 31.9 Å². The first kappa shape index (κ1) is 12.3. The molecule has 0 amide bonds. The normalized spacial score (nSPS) is 11.0. The molecule has 1 N–H and O–H groups in total. The van der Waals surface area contributed by atoms with Crippen LogP contribution in [0.5, 0.6) is 0 Å². The molecule has 3 aromatic rings. The number of nitrogens with zero attached hydrogens (tertiary/aromatic N) is 4. The van der Waals surface area contributed by atoms with Crippen LogP contribution in [0, 0.1) is 4.77 Å². The van der Waals surface area contributed by atoms with Gasteiger partial charge in [0.1, 0.15) is 0 Å². The Hall–Kier alpha value is -1.73. The average molecular weight is 291 g/mol. The summed E-state index contributed by atoms with van der Waals surface area (Å²) in [7, 11) is 1.95. The molecule has 3 rings (SSSR count). The second-order valence-corrected chi connectivity index (χ2v) is 5.51. The molecule has 0 aromatic carbocycles. The largest absolute Gasteiger partial charge is 0.299 e. The molecule has 3 heterocycles. The first-order valence-electron chi connectivity index (χ1n) is 5.91. The van der Waals surface area contributed by atoms with E-state index >= 15 is 0 Å². The summed E-state index contributed by atoms with van der Waals surface area (Å²) in [4.78, 5) is 1.12. The lowest BCUT2D eigenvalue weighted by atomic mass is 10.3. The molecular formula is C12H13N5S2. The molecule has 19 heavy (non-hydrogen) atoms. The SMILES string of the molecule is Cn1nccc1CCn1c(-c2cccs2)n[nH]c1=S. The molecule has 0 aliphatic carbocycles. The molecule has 0 aliphatic rings. The topological polar surface area (TPSA) is 51.4 Å². The number of nitrogens with one attached hydrogen (secondary N) is 1. The van der Waals surface area contributed by atoms with Crippen molar-refractivity contribution in [1.82, 2.24) is 24.5 Å². The van der Waals surface area contributed by atoms with Crippen molar-refractivity contribution < 1.29 is 0 Å². The number of aromatic nitrogens is 5. The molecule has 98 valence electrons. The molecule has 0 unspecified atom stereocenters. The molecule has 7 heteroatoms. The van der Waals surface area contributed by atoms with Crippen molar-refractivity contribution in [3.8, 4) is 10.7 Å². The zero-order valence-corrected chi connectivity index (χ0v) is 12.0. The Balaban J connectivity index is 1.87. The molecule has 0 aliphatic heterocycles. The Kier molecular flexibility index (Phi) is 3.31. The van der Waals surface area contributed by atoms with Crippen LogP contribution in [0.25, 0.3) is 10.7 Å². The predicted octanol–water partition coefficient (Wildman–Crippen LogP) is 2.65. The summed E-state index contributed by atoms with van der Waals surface area (Å²) in [6, 6.07) is 6.09. The monoisotopic (exact) mass is 291 g/mol. The second-order valence-electron chi connectivity index (χ2n) is 4.18. The highest BCUT2D eigenvalue weighted by Gasteiger charge is 2.10. The van der Waals surface area contributed by atoms with Crippen LogP contribution in [0.2, 0.25) is 0 Å². The lowest BCUT2D eigenvalue weighted by Gasteiger charge is -2.06. The molecule has 0 spiro atoms. The van der Waals surface area contributed by atoms with E-state index in [9.17, 15) is 0 Å². The average Bonchev–Trinajstić information content (AvgIpc) is 3.09. The van der Waals surface area contributed by atoms with Crippen LogP contribution in [0.3, 0.4) is 0 Å². The second kappa shape index (κ2) is 5.10.